The van der Waals surface area contributed by atoms with E-state index in [0.717, 1.165) is 12.3 Å². The second kappa shape index (κ2) is 6.47. The molecule has 0 fully saturated rings. The Morgan fingerprint density at radius 1 is 1.29 bits per heavy atom. The van der Waals surface area contributed by atoms with Crippen LogP contribution in [0.2, 0.25) is 0 Å². The van der Waals surface area contributed by atoms with Crippen molar-refractivity contribution in [3.8, 4) is 0 Å². The molecule has 6 nitrogen and oxygen atoms in total. The number of nitrogens with two attached hydrogens (primary N) is 1. The van der Waals surface area contributed by atoms with Crippen molar-refractivity contribution in [3.05, 3.63) is 65.7 Å². The predicted octanol–water partition coefficient (Wildman–Crippen LogP) is 1.44. The first-order chi connectivity index (χ1) is 10.1. The van der Waals surface area contributed by atoms with E-state index in [0.29, 0.717) is 5.56 Å². The van der Waals surface area contributed by atoms with Crippen LogP contribution in [0.15, 0.2) is 53.8 Å². The quantitative estimate of drug-likeness (QED) is 0.343. The third-order valence-corrected chi connectivity index (χ3v) is 2.78. The first kappa shape index (κ1) is 14.4. The van der Waals surface area contributed by atoms with Gasteiger partial charge in [0.15, 0.2) is 5.84 Å². The highest BCUT2D eigenvalue weighted by Gasteiger charge is 2.20. The van der Waals surface area contributed by atoms with Gasteiger partial charge >= 0.3 is 0 Å². The van der Waals surface area contributed by atoms with Crippen molar-refractivity contribution in [1.82, 2.24) is 10.3 Å². The number of nitrogens with one attached hydrogen (secondary N) is 1. The molecule has 1 aromatic heterocycles. The maximum Gasteiger partial charge on any atom is 0.270 e. The number of hydrogen-bond donors (Lipinski definition) is 3. The van der Waals surface area contributed by atoms with Crippen LogP contribution in [-0.4, -0.2) is 21.9 Å². The number of amides is 1. The van der Waals surface area contributed by atoms with Gasteiger partial charge < -0.3 is 16.3 Å². The van der Waals surface area contributed by atoms with Gasteiger partial charge in [-0.05, 0) is 17.7 Å². The van der Waals surface area contributed by atoms with Crippen LogP contribution in [0.25, 0.3) is 0 Å². The summed E-state index contributed by atoms with van der Waals surface area (Å²) in [6, 6.07) is 10.3. The van der Waals surface area contributed by atoms with Gasteiger partial charge in [-0.15, -0.1) is 0 Å². The molecule has 0 aliphatic carbocycles. The Bertz CT molecular complexity index is 644. The van der Waals surface area contributed by atoms with Gasteiger partial charge in [0.2, 0.25) is 0 Å². The van der Waals surface area contributed by atoms with Crippen LogP contribution in [0.4, 0.5) is 4.39 Å². The maximum atomic E-state index is 12.8. The maximum absolute atomic E-state index is 12.8. The van der Waals surface area contributed by atoms with E-state index in [4.69, 9.17) is 10.9 Å². The molecule has 21 heavy (non-hydrogen) atoms. The predicted molar refractivity (Wildman–Crippen MR) is 74.3 cm³/mol. The number of amidine groups is 1. The van der Waals surface area contributed by atoms with Crippen molar-refractivity contribution in [2.75, 3.05) is 0 Å². The van der Waals surface area contributed by atoms with Gasteiger partial charge in [0.1, 0.15) is 17.6 Å². The molecule has 1 unspecified atom stereocenters. The molecular formula is C14H13FN4O2. The fourth-order valence-electron chi connectivity index (χ4n) is 1.75. The highest BCUT2D eigenvalue weighted by atomic mass is 19.1. The summed E-state index contributed by atoms with van der Waals surface area (Å²) >= 11 is 0. The van der Waals surface area contributed by atoms with E-state index in [1.807, 2.05) is 0 Å². The molecule has 1 heterocycles. The van der Waals surface area contributed by atoms with E-state index in [9.17, 15) is 9.18 Å². The van der Waals surface area contributed by atoms with Crippen molar-refractivity contribution in [3.63, 3.8) is 0 Å². The average molecular weight is 288 g/mol. The summed E-state index contributed by atoms with van der Waals surface area (Å²) in [7, 11) is 0. The number of nitrogens with zero attached hydrogens (tertiary/aromatic N) is 2. The number of carbonyl (C=O) groups excluding carboxylic acids is 1. The largest absolute Gasteiger partial charge is 0.409 e. The van der Waals surface area contributed by atoms with E-state index in [2.05, 4.69) is 15.5 Å². The lowest BCUT2D eigenvalue weighted by molar-refractivity contribution is 0.0941. The van der Waals surface area contributed by atoms with Crippen molar-refractivity contribution < 1.29 is 14.4 Å². The molecule has 0 aliphatic heterocycles. The zero-order valence-corrected chi connectivity index (χ0v) is 10.9. The molecule has 1 aromatic carbocycles. The summed E-state index contributed by atoms with van der Waals surface area (Å²) in [6.45, 7) is 0. The summed E-state index contributed by atoms with van der Waals surface area (Å²) in [6.07, 6.45) is 0.940. The Kier molecular flexibility index (Phi) is 4.45. The smallest absolute Gasteiger partial charge is 0.270 e. The molecule has 2 rings (SSSR count). The van der Waals surface area contributed by atoms with Crippen LogP contribution >= 0.6 is 0 Å². The number of halogens is 1. The Morgan fingerprint density at radius 2 is 2.00 bits per heavy atom. The lowest BCUT2D eigenvalue weighted by Crippen LogP contribution is -2.38. The minimum Gasteiger partial charge on any atom is -0.409 e. The van der Waals surface area contributed by atoms with Crippen LogP contribution < -0.4 is 11.1 Å². The molecule has 0 saturated carbocycles. The number of carbonyl (C=O) groups is 1. The minimum atomic E-state index is -0.810. The second-order valence-electron chi connectivity index (χ2n) is 4.20. The highest BCUT2D eigenvalue weighted by molar-refractivity contribution is 5.97. The molecule has 0 radical (unpaired) electrons. The first-order valence-electron chi connectivity index (χ1n) is 6.06. The monoisotopic (exact) mass is 288 g/mol. The van der Waals surface area contributed by atoms with E-state index >= 15 is 0 Å². The Morgan fingerprint density at radius 3 is 2.57 bits per heavy atom. The van der Waals surface area contributed by atoms with E-state index in [1.54, 1.807) is 30.3 Å². The van der Waals surface area contributed by atoms with E-state index in [-0.39, 0.29) is 11.5 Å². The lowest BCUT2D eigenvalue weighted by Gasteiger charge is -2.17. The molecule has 0 saturated heterocycles. The summed E-state index contributed by atoms with van der Waals surface area (Å²) in [5.74, 6) is -1.27. The molecule has 108 valence electrons. The number of rotatable bonds is 4. The highest BCUT2D eigenvalue weighted by Crippen LogP contribution is 2.13. The molecule has 2 aromatic rings. The molecule has 1 atom stereocenters. The number of aromatic nitrogens is 1. The lowest BCUT2D eigenvalue weighted by atomic mass is 10.1. The molecule has 4 N–H and O–H groups in total. The molecule has 7 heteroatoms. The van der Waals surface area contributed by atoms with Crippen LogP contribution in [0, 0.1) is 5.82 Å². The first-order valence-corrected chi connectivity index (χ1v) is 6.06. The average Bonchev–Trinajstić information content (AvgIpc) is 2.53. The van der Waals surface area contributed by atoms with Gasteiger partial charge in [-0.25, -0.2) is 9.37 Å². The summed E-state index contributed by atoms with van der Waals surface area (Å²) in [5.41, 5.74) is 6.28. The van der Waals surface area contributed by atoms with Crippen LogP contribution in [0.1, 0.15) is 22.1 Å². The third-order valence-electron chi connectivity index (χ3n) is 2.78. The Balaban J connectivity index is 2.23. The zero-order chi connectivity index (χ0) is 15.2. The van der Waals surface area contributed by atoms with Gasteiger partial charge in [-0.2, -0.15) is 0 Å². The minimum absolute atomic E-state index is 0.0306. The zero-order valence-electron chi connectivity index (χ0n) is 10.9. The fraction of sp³-hybridized carbons (Fsp3) is 0.0714. The number of hydrogen-bond acceptors (Lipinski definition) is 4. The van der Waals surface area contributed by atoms with Gasteiger partial charge in [-0.1, -0.05) is 35.5 Å². The van der Waals surface area contributed by atoms with E-state index in [1.165, 1.54) is 6.07 Å². The molecule has 0 spiro atoms. The molecule has 0 bridgehead atoms. The van der Waals surface area contributed by atoms with Gasteiger partial charge in [0.05, 0.1) is 6.20 Å². The summed E-state index contributed by atoms with van der Waals surface area (Å²) in [4.78, 5) is 15.8. The SMILES string of the molecule is N/C(=N/O)C(NC(=O)c1ccc(F)cn1)c1ccccc1. The van der Waals surface area contributed by atoms with Crippen molar-refractivity contribution in [2.24, 2.45) is 10.9 Å². The van der Waals surface area contributed by atoms with Crippen LogP contribution in [0.3, 0.4) is 0 Å². The molecule has 0 aliphatic rings. The topological polar surface area (TPSA) is 101 Å². The Hall–Kier alpha value is -2.96. The third kappa shape index (κ3) is 3.53. The number of oxime groups is 1. The summed E-state index contributed by atoms with van der Waals surface area (Å²) in [5, 5.41) is 14.3. The Labute approximate surface area is 120 Å². The van der Waals surface area contributed by atoms with Gasteiger partial charge in [0.25, 0.3) is 5.91 Å². The molecular weight excluding hydrogens is 275 g/mol. The van der Waals surface area contributed by atoms with Gasteiger partial charge in [0, 0.05) is 0 Å². The van der Waals surface area contributed by atoms with Gasteiger partial charge in [-0.3, -0.25) is 4.79 Å². The second-order valence-corrected chi connectivity index (χ2v) is 4.20. The van der Waals surface area contributed by atoms with Crippen LogP contribution in [0.5, 0.6) is 0 Å². The van der Waals surface area contributed by atoms with Crippen molar-refractivity contribution in [1.29, 1.82) is 0 Å². The number of pyridine rings is 1. The van der Waals surface area contributed by atoms with Crippen molar-refractivity contribution >= 4 is 11.7 Å². The fourth-order valence-corrected chi connectivity index (χ4v) is 1.75. The van der Waals surface area contributed by atoms with Crippen LogP contribution in [-0.2, 0) is 0 Å². The van der Waals surface area contributed by atoms with Crippen molar-refractivity contribution in [2.45, 2.75) is 6.04 Å². The summed E-state index contributed by atoms with van der Waals surface area (Å²) < 4.78 is 12.8. The molecule has 1 amide bonds. The standard InChI is InChI=1S/C14H13FN4O2/c15-10-6-7-11(17-8-10)14(20)18-12(13(16)19-21)9-4-2-1-3-5-9/h1-8,12,21H,(H2,16,19)(H,18,20). The normalized spacial score (nSPS) is 12.7. The van der Waals surface area contributed by atoms with E-state index < -0.39 is 17.8 Å². The number of benzene rings is 1.